The van der Waals surface area contributed by atoms with Crippen molar-refractivity contribution in [3.63, 3.8) is 0 Å². The maximum atomic E-state index is 12.3. The van der Waals surface area contributed by atoms with Gasteiger partial charge in [0.15, 0.2) is 0 Å². The highest BCUT2D eigenvalue weighted by atomic mass is 16.3. The highest BCUT2D eigenvalue weighted by Gasteiger charge is 2.11. The summed E-state index contributed by atoms with van der Waals surface area (Å²) in [4.78, 5) is 12.3. The van der Waals surface area contributed by atoms with Gasteiger partial charge < -0.3 is 9.73 Å². The van der Waals surface area contributed by atoms with Crippen LogP contribution in [0.5, 0.6) is 0 Å². The lowest BCUT2D eigenvalue weighted by atomic mass is 10.1. The minimum Gasteiger partial charge on any atom is -0.464 e. The van der Waals surface area contributed by atoms with Gasteiger partial charge in [-0.05, 0) is 43.3 Å². The number of rotatable bonds is 3. The first-order chi connectivity index (χ1) is 10.2. The molecule has 0 bridgehead atoms. The summed E-state index contributed by atoms with van der Waals surface area (Å²) < 4.78 is 5.41. The number of aryl methyl sites for hydroxylation is 1. The van der Waals surface area contributed by atoms with Crippen LogP contribution in [0.3, 0.4) is 0 Å². The number of carbonyl (C=O) groups is 1. The average molecular weight is 277 g/mol. The summed E-state index contributed by atoms with van der Waals surface area (Å²) in [5.41, 5.74) is 3.36. The van der Waals surface area contributed by atoms with Crippen LogP contribution in [0, 0.1) is 6.92 Å². The standard InChI is InChI=1S/C18H15NO2/c1-13-8-10-14(11-9-13)18(20)19-16-6-3-2-5-15(16)17-7-4-12-21-17/h2-12H,1H3,(H,19,20). The highest BCUT2D eigenvalue weighted by molar-refractivity contribution is 6.06. The van der Waals surface area contributed by atoms with Gasteiger partial charge in [-0.25, -0.2) is 0 Å². The van der Waals surface area contributed by atoms with Crippen molar-refractivity contribution < 1.29 is 9.21 Å². The molecular weight excluding hydrogens is 262 g/mol. The molecule has 0 spiro atoms. The van der Waals surface area contributed by atoms with Gasteiger partial charge in [-0.1, -0.05) is 29.8 Å². The third-order valence-corrected chi connectivity index (χ3v) is 3.28. The second kappa shape index (κ2) is 5.67. The first-order valence-electron chi connectivity index (χ1n) is 6.75. The van der Waals surface area contributed by atoms with E-state index < -0.39 is 0 Å². The maximum absolute atomic E-state index is 12.3. The van der Waals surface area contributed by atoms with Gasteiger partial charge in [-0.2, -0.15) is 0 Å². The van der Waals surface area contributed by atoms with Gasteiger partial charge in [-0.15, -0.1) is 0 Å². The van der Waals surface area contributed by atoms with Crippen LogP contribution in [-0.2, 0) is 0 Å². The van der Waals surface area contributed by atoms with Gasteiger partial charge in [-0.3, -0.25) is 4.79 Å². The summed E-state index contributed by atoms with van der Waals surface area (Å²) >= 11 is 0. The second-order valence-electron chi connectivity index (χ2n) is 4.84. The molecule has 3 nitrogen and oxygen atoms in total. The van der Waals surface area contributed by atoms with Crippen molar-refractivity contribution in [2.75, 3.05) is 5.32 Å². The van der Waals surface area contributed by atoms with Crippen molar-refractivity contribution >= 4 is 11.6 Å². The zero-order valence-corrected chi connectivity index (χ0v) is 11.7. The molecule has 0 fully saturated rings. The number of hydrogen-bond acceptors (Lipinski definition) is 2. The van der Waals surface area contributed by atoms with E-state index in [0.717, 1.165) is 22.6 Å². The summed E-state index contributed by atoms with van der Waals surface area (Å²) in [5, 5.41) is 2.94. The predicted octanol–water partition coefficient (Wildman–Crippen LogP) is 4.51. The van der Waals surface area contributed by atoms with E-state index in [4.69, 9.17) is 4.42 Å². The number of nitrogens with one attached hydrogen (secondary N) is 1. The predicted molar refractivity (Wildman–Crippen MR) is 83.3 cm³/mol. The molecule has 0 aliphatic heterocycles. The number of amides is 1. The monoisotopic (exact) mass is 277 g/mol. The molecule has 0 saturated heterocycles. The smallest absolute Gasteiger partial charge is 0.255 e. The topological polar surface area (TPSA) is 42.2 Å². The molecule has 3 aromatic rings. The van der Waals surface area contributed by atoms with Crippen LogP contribution in [0.4, 0.5) is 5.69 Å². The van der Waals surface area contributed by atoms with E-state index in [-0.39, 0.29) is 5.91 Å². The van der Waals surface area contributed by atoms with Crippen LogP contribution >= 0.6 is 0 Å². The fraction of sp³-hybridized carbons (Fsp3) is 0.0556. The fourth-order valence-electron chi connectivity index (χ4n) is 2.14. The number of benzene rings is 2. The molecule has 2 aromatic carbocycles. The molecule has 0 atom stereocenters. The Morgan fingerprint density at radius 2 is 1.71 bits per heavy atom. The molecule has 1 N–H and O–H groups in total. The summed E-state index contributed by atoms with van der Waals surface area (Å²) in [6.07, 6.45) is 1.62. The molecule has 3 rings (SSSR count). The number of hydrogen-bond donors (Lipinski definition) is 1. The van der Waals surface area contributed by atoms with Crippen molar-refractivity contribution in [3.05, 3.63) is 78.1 Å². The lowest BCUT2D eigenvalue weighted by Gasteiger charge is -2.09. The van der Waals surface area contributed by atoms with E-state index in [9.17, 15) is 4.79 Å². The van der Waals surface area contributed by atoms with E-state index in [1.54, 1.807) is 6.26 Å². The van der Waals surface area contributed by atoms with Gasteiger partial charge in [0.1, 0.15) is 5.76 Å². The molecule has 1 amide bonds. The van der Waals surface area contributed by atoms with Crippen LogP contribution in [-0.4, -0.2) is 5.91 Å². The molecule has 3 heteroatoms. The minimum absolute atomic E-state index is 0.131. The summed E-state index contributed by atoms with van der Waals surface area (Å²) in [5.74, 6) is 0.601. The summed E-state index contributed by atoms with van der Waals surface area (Å²) in [7, 11) is 0. The Labute approximate surface area is 123 Å². The van der Waals surface area contributed by atoms with Crippen molar-refractivity contribution in [2.45, 2.75) is 6.92 Å². The quantitative estimate of drug-likeness (QED) is 0.765. The van der Waals surface area contributed by atoms with Crippen molar-refractivity contribution in [3.8, 4) is 11.3 Å². The van der Waals surface area contributed by atoms with Gasteiger partial charge >= 0.3 is 0 Å². The van der Waals surface area contributed by atoms with E-state index in [1.165, 1.54) is 0 Å². The molecule has 0 unspecified atom stereocenters. The Bertz CT molecular complexity index is 743. The number of para-hydroxylation sites is 1. The molecule has 0 radical (unpaired) electrons. The molecule has 1 aromatic heterocycles. The normalized spacial score (nSPS) is 10.3. The van der Waals surface area contributed by atoms with Gasteiger partial charge in [0.25, 0.3) is 5.91 Å². The number of furan rings is 1. The third-order valence-electron chi connectivity index (χ3n) is 3.28. The molecule has 0 aliphatic carbocycles. The number of anilines is 1. The van der Waals surface area contributed by atoms with Gasteiger partial charge in [0.05, 0.1) is 12.0 Å². The second-order valence-corrected chi connectivity index (χ2v) is 4.84. The van der Waals surface area contributed by atoms with Crippen LogP contribution < -0.4 is 5.32 Å². The molecule has 21 heavy (non-hydrogen) atoms. The first-order valence-corrected chi connectivity index (χ1v) is 6.75. The van der Waals surface area contributed by atoms with Crippen molar-refractivity contribution in [1.82, 2.24) is 0 Å². The largest absolute Gasteiger partial charge is 0.464 e. The third kappa shape index (κ3) is 2.87. The molecular formula is C18H15NO2. The molecule has 0 aliphatic rings. The Balaban J connectivity index is 1.88. The lowest BCUT2D eigenvalue weighted by molar-refractivity contribution is 0.102. The molecule has 104 valence electrons. The van der Waals surface area contributed by atoms with E-state index >= 15 is 0 Å². The lowest BCUT2D eigenvalue weighted by Crippen LogP contribution is -2.12. The SMILES string of the molecule is Cc1ccc(C(=O)Nc2ccccc2-c2ccco2)cc1. The fourth-order valence-corrected chi connectivity index (χ4v) is 2.14. The van der Waals surface area contributed by atoms with Crippen molar-refractivity contribution in [1.29, 1.82) is 0 Å². The van der Waals surface area contributed by atoms with Crippen LogP contribution in [0.1, 0.15) is 15.9 Å². The van der Waals surface area contributed by atoms with E-state index in [1.807, 2.05) is 67.6 Å². The Kier molecular flexibility index (Phi) is 3.56. The zero-order valence-electron chi connectivity index (χ0n) is 11.7. The Hall–Kier alpha value is -2.81. The Morgan fingerprint density at radius 3 is 2.43 bits per heavy atom. The minimum atomic E-state index is -0.131. The summed E-state index contributed by atoms with van der Waals surface area (Å²) in [6.45, 7) is 1.99. The molecule has 0 saturated carbocycles. The number of carbonyl (C=O) groups excluding carboxylic acids is 1. The highest BCUT2D eigenvalue weighted by Crippen LogP contribution is 2.28. The summed E-state index contributed by atoms with van der Waals surface area (Å²) in [6, 6.07) is 18.8. The average Bonchev–Trinajstić information content (AvgIpc) is 3.02. The van der Waals surface area contributed by atoms with E-state index in [2.05, 4.69) is 5.32 Å². The van der Waals surface area contributed by atoms with Gasteiger partial charge in [0, 0.05) is 11.1 Å². The van der Waals surface area contributed by atoms with Crippen molar-refractivity contribution in [2.24, 2.45) is 0 Å². The van der Waals surface area contributed by atoms with Crippen LogP contribution in [0.15, 0.2) is 71.3 Å². The maximum Gasteiger partial charge on any atom is 0.255 e. The first kappa shape index (κ1) is 13.2. The van der Waals surface area contributed by atoms with Gasteiger partial charge in [0.2, 0.25) is 0 Å². The van der Waals surface area contributed by atoms with E-state index in [0.29, 0.717) is 5.56 Å². The Morgan fingerprint density at radius 1 is 0.952 bits per heavy atom. The molecule has 1 heterocycles. The van der Waals surface area contributed by atoms with Crippen LogP contribution in [0.25, 0.3) is 11.3 Å². The zero-order chi connectivity index (χ0) is 14.7. The van der Waals surface area contributed by atoms with Crippen LogP contribution in [0.2, 0.25) is 0 Å².